The zero-order chi connectivity index (χ0) is 14.5. The van der Waals surface area contributed by atoms with Crippen molar-refractivity contribution in [2.24, 2.45) is 0 Å². The third-order valence-corrected chi connectivity index (χ3v) is 3.37. The van der Waals surface area contributed by atoms with E-state index >= 15 is 0 Å². The number of nitrogen functional groups attached to an aromatic ring is 1. The Morgan fingerprint density at radius 3 is 3.05 bits per heavy atom. The molecule has 0 aromatic carbocycles. The Morgan fingerprint density at radius 2 is 2.35 bits per heavy atom. The molecule has 2 heterocycles. The fourth-order valence-electron chi connectivity index (χ4n) is 1.52. The van der Waals surface area contributed by atoms with Gasteiger partial charge in [0, 0.05) is 12.3 Å². The van der Waals surface area contributed by atoms with Crippen molar-refractivity contribution < 1.29 is 14.6 Å². The number of thioether (sulfide) groups is 1. The van der Waals surface area contributed by atoms with Crippen LogP contribution in [0.25, 0.3) is 0 Å². The molecule has 2 rings (SSSR count). The Bertz CT molecular complexity index is 616. The molecule has 0 bridgehead atoms. The summed E-state index contributed by atoms with van der Waals surface area (Å²) in [5.74, 6) is -0.297. The van der Waals surface area contributed by atoms with Gasteiger partial charge in [0.05, 0.1) is 19.4 Å². The van der Waals surface area contributed by atoms with Crippen LogP contribution in [0.3, 0.4) is 0 Å². The van der Waals surface area contributed by atoms with Gasteiger partial charge in [-0.05, 0) is 11.6 Å². The van der Waals surface area contributed by atoms with Crippen LogP contribution < -0.4 is 10.5 Å². The maximum Gasteiger partial charge on any atom is 0.313 e. The summed E-state index contributed by atoms with van der Waals surface area (Å²) in [5, 5.41) is 16.8. The number of rotatable bonds is 6. The molecule has 0 radical (unpaired) electrons. The van der Waals surface area contributed by atoms with Gasteiger partial charge in [-0.2, -0.15) is 0 Å². The van der Waals surface area contributed by atoms with E-state index in [1.54, 1.807) is 16.8 Å². The van der Waals surface area contributed by atoms with Crippen molar-refractivity contribution in [2.75, 3.05) is 18.6 Å². The Kier molecular flexibility index (Phi) is 4.41. The molecule has 0 aliphatic carbocycles. The quantitative estimate of drug-likeness (QED) is 0.739. The van der Waals surface area contributed by atoms with Crippen molar-refractivity contribution in [3.8, 4) is 5.88 Å². The average Bonchev–Trinajstić information content (AvgIpc) is 2.78. The molecule has 0 aliphatic heterocycles. The highest BCUT2D eigenvalue weighted by Gasteiger charge is 2.12. The SMILES string of the molecule is COc1cc(Cn2c(N)nnc2SCC(=O)O)ccn1. The van der Waals surface area contributed by atoms with E-state index < -0.39 is 5.97 Å². The normalized spacial score (nSPS) is 10.4. The van der Waals surface area contributed by atoms with E-state index in [1.165, 1.54) is 7.11 Å². The molecule has 3 N–H and O–H groups in total. The fourth-order valence-corrected chi connectivity index (χ4v) is 2.19. The summed E-state index contributed by atoms with van der Waals surface area (Å²) in [4.78, 5) is 14.6. The summed E-state index contributed by atoms with van der Waals surface area (Å²) in [6.45, 7) is 0.416. The van der Waals surface area contributed by atoms with Crippen LogP contribution in [0.15, 0.2) is 23.5 Å². The number of hydrogen-bond acceptors (Lipinski definition) is 7. The molecule has 0 saturated carbocycles. The number of ether oxygens (including phenoxy) is 1. The van der Waals surface area contributed by atoms with Gasteiger partial charge >= 0.3 is 5.97 Å². The highest BCUT2D eigenvalue weighted by molar-refractivity contribution is 7.99. The molecule has 106 valence electrons. The monoisotopic (exact) mass is 295 g/mol. The van der Waals surface area contributed by atoms with Crippen LogP contribution in [0.2, 0.25) is 0 Å². The molecule has 0 saturated heterocycles. The number of anilines is 1. The summed E-state index contributed by atoms with van der Waals surface area (Å²) >= 11 is 1.07. The maximum absolute atomic E-state index is 10.6. The van der Waals surface area contributed by atoms with Crippen LogP contribution in [-0.4, -0.2) is 43.7 Å². The highest BCUT2D eigenvalue weighted by atomic mass is 32.2. The zero-order valence-corrected chi connectivity index (χ0v) is 11.5. The maximum atomic E-state index is 10.6. The van der Waals surface area contributed by atoms with E-state index in [0.717, 1.165) is 17.3 Å². The second-order valence-corrected chi connectivity index (χ2v) is 4.76. The summed E-state index contributed by atoms with van der Waals surface area (Å²) in [7, 11) is 1.54. The van der Waals surface area contributed by atoms with Crippen molar-refractivity contribution in [3.63, 3.8) is 0 Å². The molecule has 9 heteroatoms. The van der Waals surface area contributed by atoms with Crippen LogP contribution in [0.1, 0.15) is 5.56 Å². The number of pyridine rings is 1. The van der Waals surface area contributed by atoms with Gasteiger partial charge in [-0.1, -0.05) is 11.8 Å². The Balaban J connectivity index is 2.19. The number of aliphatic carboxylic acids is 1. The molecule has 0 fully saturated rings. The molecule has 2 aromatic rings. The minimum absolute atomic E-state index is 0.0994. The molecule has 0 spiro atoms. The van der Waals surface area contributed by atoms with Gasteiger partial charge in [0.15, 0.2) is 5.16 Å². The standard InChI is InChI=1S/C11H13N5O3S/c1-19-8-4-7(2-3-13-8)5-16-10(12)14-15-11(16)20-6-9(17)18/h2-4H,5-6H2,1H3,(H2,12,14)(H,17,18). The molecular formula is C11H13N5O3S. The third kappa shape index (κ3) is 3.38. The lowest BCUT2D eigenvalue weighted by Gasteiger charge is -2.08. The largest absolute Gasteiger partial charge is 0.481 e. The minimum atomic E-state index is -0.922. The smallest absolute Gasteiger partial charge is 0.313 e. The second-order valence-electron chi connectivity index (χ2n) is 3.82. The topological polar surface area (TPSA) is 116 Å². The van der Waals surface area contributed by atoms with Crippen molar-refractivity contribution in [3.05, 3.63) is 23.9 Å². The number of nitrogens with two attached hydrogens (primary N) is 1. The number of hydrogen-bond donors (Lipinski definition) is 2. The van der Waals surface area contributed by atoms with Gasteiger partial charge in [0.1, 0.15) is 0 Å². The molecule has 20 heavy (non-hydrogen) atoms. The second kappa shape index (κ2) is 6.24. The Labute approximate surface area is 119 Å². The number of methoxy groups -OCH3 is 1. The summed E-state index contributed by atoms with van der Waals surface area (Å²) in [6, 6.07) is 3.58. The van der Waals surface area contributed by atoms with Crippen LogP contribution >= 0.6 is 11.8 Å². The minimum Gasteiger partial charge on any atom is -0.481 e. The van der Waals surface area contributed by atoms with Gasteiger partial charge in [-0.3, -0.25) is 9.36 Å². The van der Waals surface area contributed by atoms with E-state index in [9.17, 15) is 4.79 Å². The summed E-state index contributed by atoms with van der Waals surface area (Å²) in [6.07, 6.45) is 1.62. The van der Waals surface area contributed by atoms with Crippen molar-refractivity contribution >= 4 is 23.7 Å². The van der Waals surface area contributed by atoms with Gasteiger partial charge in [0.2, 0.25) is 11.8 Å². The predicted octanol–water partition coefficient (Wildman–Crippen LogP) is 0.489. The lowest BCUT2D eigenvalue weighted by Crippen LogP contribution is -2.08. The van der Waals surface area contributed by atoms with Crippen molar-refractivity contribution in [1.29, 1.82) is 0 Å². The highest BCUT2D eigenvalue weighted by Crippen LogP contribution is 2.20. The predicted molar refractivity (Wildman–Crippen MR) is 72.7 cm³/mol. The van der Waals surface area contributed by atoms with E-state index in [1.807, 2.05) is 6.07 Å². The van der Waals surface area contributed by atoms with Gasteiger partial charge in [-0.25, -0.2) is 4.98 Å². The number of carbonyl (C=O) groups is 1. The molecule has 0 amide bonds. The Hall–Kier alpha value is -2.29. The molecule has 2 aromatic heterocycles. The number of nitrogens with zero attached hydrogens (tertiary/aromatic N) is 4. The molecule has 0 unspecified atom stereocenters. The summed E-state index contributed by atoms with van der Waals surface area (Å²) < 4.78 is 6.69. The fraction of sp³-hybridized carbons (Fsp3) is 0.273. The first kappa shape index (κ1) is 14.1. The van der Waals surface area contributed by atoms with Crippen molar-refractivity contribution in [2.45, 2.75) is 11.7 Å². The number of carboxylic acid groups (broad SMARTS) is 1. The van der Waals surface area contributed by atoms with Crippen LogP contribution in [0, 0.1) is 0 Å². The van der Waals surface area contributed by atoms with E-state index in [0.29, 0.717) is 17.6 Å². The van der Waals surface area contributed by atoms with Crippen LogP contribution in [0.4, 0.5) is 5.95 Å². The molecular weight excluding hydrogens is 282 g/mol. The first-order valence-electron chi connectivity index (χ1n) is 5.62. The van der Waals surface area contributed by atoms with Gasteiger partial charge in [-0.15, -0.1) is 10.2 Å². The zero-order valence-electron chi connectivity index (χ0n) is 10.7. The van der Waals surface area contributed by atoms with Gasteiger partial charge in [0.25, 0.3) is 0 Å². The average molecular weight is 295 g/mol. The molecule has 8 nitrogen and oxygen atoms in total. The van der Waals surface area contributed by atoms with E-state index in [2.05, 4.69) is 15.2 Å². The van der Waals surface area contributed by atoms with Crippen LogP contribution in [0.5, 0.6) is 5.88 Å². The summed E-state index contributed by atoms with van der Waals surface area (Å²) in [5.41, 5.74) is 6.65. The van der Waals surface area contributed by atoms with E-state index in [4.69, 9.17) is 15.6 Å². The first-order chi connectivity index (χ1) is 9.60. The number of carboxylic acids is 1. The molecule has 0 atom stereocenters. The lowest BCUT2D eigenvalue weighted by atomic mass is 10.2. The third-order valence-electron chi connectivity index (χ3n) is 2.42. The number of aromatic nitrogens is 4. The van der Waals surface area contributed by atoms with E-state index in [-0.39, 0.29) is 11.7 Å². The van der Waals surface area contributed by atoms with Crippen molar-refractivity contribution in [1.82, 2.24) is 19.7 Å². The van der Waals surface area contributed by atoms with Gasteiger partial charge < -0.3 is 15.6 Å². The van der Waals surface area contributed by atoms with Crippen LogP contribution in [-0.2, 0) is 11.3 Å². The first-order valence-corrected chi connectivity index (χ1v) is 6.61. The Morgan fingerprint density at radius 1 is 1.55 bits per heavy atom. The molecule has 0 aliphatic rings. The lowest BCUT2D eigenvalue weighted by molar-refractivity contribution is -0.133.